The minimum Gasteiger partial charge on any atom is -0.339 e. The molecule has 28 heavy (non-hydrogen) atoms. The molecule has 1 heterocycles. The standard InChI is InChI=1S/C25H28N2O/c1-17-15-24(18(2)14-23(17)22-4-3-5-22)25(28)27-12-10-21(11-13-27)20-8-6-19(16-26)7-9-20/h6-9,14-15,21-22H,3-5,10-13H2,1-2H3. The first kappa shape index (κ1) is 18.7. The molecule has 1 amide bonds. The van der Waals surface area contributed by atoms with E-state index in [-0.39, 0.29) is 5.91 Å². The topological polar surface area (TPSA) is 44.1 Å². The van der Waals surface area contributed by atoms with Crippen LogP contribution in [0.3, 0.4) is 0 Å². The van der Waals surface area contributed by atoms with Gasteiger partial charge in [0.15, 0.2) is 0 Å². The van der Waals surface area contributed by atoms with Crippen LogP contribution in [0.2, 0.25) is 0 Å². The fraction of sp³-hybridized carbons (Fsp3) is 0.440. The summed E-state index contributed by atoms with van der Waals surface area (Å²) in [6, 6.07) is 14.5. The summed E-state index contributed by atoms with van der Waals surface area (Å²) in [5, 5.41) is 8.96. The Bertz CT molecular complexity index is 911. The van der Waals surface area contributed by atoms with Gasteiger partial charge in [-0.15, -0.1) is 0 Å². The van der Waals surface area contributed by atoms with Gasteiger partial charge in [-0.2, -0.15) is 5.26 Å². The third-order valence-corrected chi connectivity index (χ3v) is 6.68. The molecule has 1 saturated heterocycles. The monoisotopic (exact) mass is 372 g/mol. The van der Waals surface area contributed by atoms with Gasteiger partial charge in [0.2, 0.25) is 0 Å². The maximum atomic E-state index is 13.2. The molecule has 0 aromatic heterocycles. The van der Waals surface area contributed by atoms with Gasteiger partial charge in [0.1, 0.15) is 0 Å². The molecule has 0 N–H and O–H groups in total. The SMILES string of the molecule is Cc1cc(C2CCC2)c(C)cc1C(=O)N1CCC(c2ccc(C#N)cc2)CC1. The van der Waals surface area contributed by atoms with Gasteiger partial charge in [-0.1, -0.05) is 24.6 Å². The molecule has 1 aliphatic carbocycles. The van der Waals surface area contributed by atoms with Crippen molar-refractivity contribution in [2.45, 2.75) is 57.8 Å². The second kappa shape index (κ2) is 7.80. The first-order valence-corrected chi connectivity index (χ1v) is 10.5. The molecule has 2 aromatic rings. The van der Waals surface area contributed by atoms with Crippen LogP contribution in [0.5, 0.6) is 0 Å². The van der Waals surface area contributed by atoms with Gasteiger partial charge in [-0.05, 0) is 91.8 Å². The average molecular weight is 373 g/mol. The van der Waals surface area contributed by atoms with Crippen molar-refractivity contribution >= 4 is 5.91 Å². The summed E-state index contributed by atoms with van der Waals surface area (Å²) < 4.78 is 0. The van der Waals surface area contributed by atoms with E-state index < -0.39 is 0 Å². The Morgan fingerprint density at radius 1 is 0.964 bits per heavy atom. The van der Waals surface area contributed by atoms with Crippen molar-refractivity contribution < 1.29 is 4.79 Å². The van der Waals surface area contributed by atoms with Crippen LogP contribution in [-0.4, -0.2) is 23.9 Å². The zero-order valence-electron chi connectivity index (χ0n) is 16.9. The normalized spacial score (nSPS) is 17.8. The molecule has 0 unspecified atom stereocenters. The second-order valence-corrected chi connectivity index (χ2v) is 8.45. The predicted molar refractivity (Wildman–Crippen MR) is 112 cm³/mol. The Morgan fingerprint density at radius 2 is 1.64 bits per heavy atom. The Balaban J connectivity index is 1.43. The third kappa shape index (κ3) is 3.56. The number of rotatable bonds is 3. The first-order chi connectivity index (χ1) is 13.6. The van der Waals surface area contributed by atoms with Gasteiger partial charge in [-0.25, -0.2) is 0 Å². The van der Waals surface area contributed by atoms with Crippen molar-refractivity contribution in [2.75, 3.05) is 13.1 Å². The van der Waals surface area contributed by atoms with Crippen LogP contribution in [0.4, 0.5) is 0 Å². The molecule has 144 valence electrons. The summed E-state index contributed by atoms with van der Waals surface area (Å²) in [6.45, 7) is 5.83. The van der Waals surface area contributed by atoms with E-state index in [2.05, 4.69) is 44.2 Å². The van der Waals surface area contributed by atoms with Crippen LogP contribution in [-0.2, 0) is 0 Å². The minimum absolute atomic E-state index is 0.180. The van der Waals surface area contributed by atoms with Crippen LogP contribution < -0.4 is 0 Å². The fourth-order valence-corrected chi connectivity index (χ4v) is 4.64. The quantitative estimate of drug-likeness (QED) is 0.718. The van der Waals surface area contributed by atoms with Crippen LogP contribution in [0, 0.1) is 25.2 Å². The Hall–Kier alpha value is -2.60. The van der Waals surface area contributed by atoms with E-state index in [1.807, 2.05) is 17.0 Å². The molecular formula is C25H28N2O. The Labute approximate surface area is 168 Å². The van der Waals surface area contributed by atoms with Gasteiger partial charge in [0, 0.05) is 18.7 Å². The zero-order chi connectivity index (χ0) is 19.7. The number of amides is 1. The number of nitriles is 1. The van der Waals surface area contributed by atoms with Gasteiger partial charge in [0.05, 0.1) is 11.6 Å². The largest absolute Gasteiger partial charge is 0.339 e. The molecule has 1 saturated carbocycles. The number of nitrogens with zero attached hydrogens (tertiary/aromatic N) is 2. The summed E-state index contributed by atoms with van der Waals surface area (Å²) >= 11 is 0. The number of aryl methyl sites for hydroxylation is 2. The molecular weight excluding hydrogens is 344 g/mol. The highest BCUT2D eigenvalue weighted by atomic mass is 16.2. The van der Waals surface area contributed by atoms with E-state index in [1.54, 1.807) is 0 Å². The minimum atomic E-state index is 0.180. The number of likely N-dealkylation sites (tertiary alicyclic amines) is 1. The van der Waals surface area contributed by atoms with E-state index in [9.17, 15) is 4.79 Å². The van der Waals surface area contributed by atoms with Gasteiger partial charge < -0.3 is 4.90 Å². The highest BCUT2D eigenvalue weighted by molar-refractivity contribution is 5.96. The molecule has 4 rings (SSSR count). The highest BCUT2D eigenvalue weighted by Crippen LogP contribution is 2.39. The molecule has 3 heteroatoms. The van der Waals surface area contributed by atoms with Gasteiger partial charge >= 0.3 is 0 Å². The van der Waals surface area contributed by atoms with Crippen molar-refractivity contribution in [3.63, 3.8) is 0 Å². The molecule has 0 spiro atoms. The predicted octanol–water partition coefficient (Wildman–Crippen LogP) is 5.46. The van der Waals surface area contributed by atoms with Gasteiger partial charge in [-0.3, -0.25) is 4.79 Å². The van der Waals surface area contributed by atoms with Gasteiger partial charge in [0.25, 0.3) is 5.91 Å². The summed E-state index contributed by atoms with van der Waals surface area (Å²) in [5.41, 5.74) is 6.69. The molecule has 0 atom stereocenters. The number of carbonyl (C=O) groups excluding carboxylic acids is 1. The highest BCUT2D eigenvalue weighted by Gasteiger charge is 2.27. The smallest absolute Gasteiger partial charge is 0.254 e. The zero-order valence-corrected chi connectivity index (χ0v) is 16.9. The number of hydrogen-bond acceptors (Lipinski definition) is 2. The maximum absolute atomic E-state index is 13.2. The molecule has 3 nitrogen and oxygen atoms in total. The molecule has 0 radical (unpaired) electrons. The third-order valence-electron chi connectivity index (χ3n) is 6.68. The van der Waals surface area contributed by atoms with Crippen LogP contribution >= 0.6 is 0 Å². The van der Waals surface area contributed by atoms with E-state index in [0.29, 0.717) is 17.4 Å². The Morgan fingerprint density at radius 3 is 2.21 bits per heavy atom. The molecule has 2 aliphatic rings. The van der Waals surface area contributed by atoms with Crippen molar-refractivity contribution in [3.8, 4) is 6.07 Å². The van der Waals surface area contributed by atoms with E-state index in [0.717, 1.165) is 37.1 Å². The van der Waals surface area contributed by atoms with Crippen molar-refractivity contribution in [3.05, 3.63) is 69.8 Å². The summed E-state index contributed by atoms with van der Waals surface area (Å²) in [5.74, 6) is 1.35. The van der Waals surface area contributed by atoms with E-state index >= 15 is 0 Å². The number of benzene rings is 2. The fourth-order valence-electron chi connectivity index (χ4n) is 4.64. The molecule has 1 aliphatic heterocycles. The van der Waals surface area contributed by atoms with Crippen LogP contribution in [0.15, 0.2) is 36.4 Å². The average Bonchev–Trinajstić information content (AvgIpc) is 2.69. The Kier molecular flexibility index (Phi) is 5.22. The molecule has 2 fully saturated rings. The first-order valence-electron chi connectivity index (χ1n) is 10.5. The van der Waals surface area contributed by atoms with Crippen molar-refractivity contribution in [1.29, 1.82) is 5.26 Å². The van der Waals surface area contributed by atoms with Crippen molar-refractivity contribution in [1.82, 2.24) is 4.90 Å². The van der Waals surface area contributed by atoms with E-state index in [4.69, 9.17) is 5.26 Å². The summed E-state index contributed by atoms with van der Waals surface area (Å²) in [6.07, 6.45) is 5.87. The molecule has 0 bridgehead atoms. The lowest BCUT2D eigenvalue weighted by atomic mass is 9.77. The number of piperidine rings is 1. The van der Waals surface area contributed by atoms with Crippen molar-refractivity contribution in [2.24, 2.45) is 0 Å². The second-order valence-electron chi connectivity index (χ2n) is 8.45. The number of hydrogen-bond donors (Lipinski definition) is 0. The maximum Gasteiger partial charge on any atom is 0.254 e. The number of carbonyl (C=O) groups is 1. The molecule has 2 aromatic carbocycles. The van der Waals surface area contributed by atoms with Crippen LogP contribution in [0.1, 0.15) is 82.1 Å². The van der Waals surface area contributed by atoms with E-state index in [1.165, 1.54) is 36.0 Å². The lowest BCUT2D eigenvalue weighted by Gasteiger charge is -2.33. The summed E-state index contributed by atoms with van der Waals surface area (Å²) in [7, 11) is 0. The summed E-state index contributed by atoms with van der Waals surface area (Å²) in [4.78, 5) is 15.2. The lowest BCUT2D eigenvalue weighted by Crippen LogP contribution is -2.38. The lowest BCUT2D eigenvalue weighted by molar-refractivity contribution is 0.0712. The van der Waals surface area contributed by atoms with Crippen LogP contribution in [0.25, 0.3) is 0 Å².